The Balaban J connectivity index is 1.67. The van der Waals surface area contributed by atoms with Gasteiger partial charge in [-0.1, -0.05) is 12.1 Å². The van der Waals surface area contributed by atoms with Crippen LogP contribution in [0.25, 0.3) is 0 Å². The maximum atomic E-state index is 12.2. The molecule has 1 aliphatic rings. The Bertz CT molecular complexity index is 705. The third-order valence-corrected chi connectivity index (χ3v) is 4.93. The molecule has 1 heterocycles. The third kappa shape index (κ3) is 4.69. The molecule has 0 amide bonds. The Labute approximate surface area is 152 Å². The van der Waals surface area contributed by atoms with E-state index in [1.54, 1.807) is 12.1 Å². The Morgan fingerprint density at radius 2 is 1.42 bits per heavy atom. The summed E-state index contributed by atoms with van der Waals surface area (Å²) in [5.41, 5.74) is 3.14. The lowest BCUT2D eigenvalue weighted by Gasteiger charge is -2.29. The van der Waals surface area contributed by atoms with E-state index < -0.39 is 6.36 Å². The summed E-state index contributed by atoms with van der Waals surface area (Å²) in [6.07, 6.45) is -2.32. The van der Waals surface area contributed by atoms with Crippen LogP contribution in [-0.4, -0.2) is 38.4 Å². The predicted molar refractivity (Wildman–Crippen MR) is 97.1 cm³/mol. The second-order valence-electron chi connectivity index (χ2n) is 6.77. The fraction of sp³-hybridized carbons (Fsp3) is 0.400. The largest absolute Gasteiger partial charge is 0.573 e. The van der Waals surface area contributed by atoms with Crippen molar-refractivity contribution in [1.29, 1.82) is 0 Å². The Hall–Kier alpha value is -2.21. The van der Waals surface area contributed by atoms with Crippen LogP contribution in [0.15, 0.2) is 48.5 Å². The molecule has 2 aromatic rings. The minimum absolute atomic E-state index is 0.215. The standard InChI is InChI=1S/C20H23F3N2O/c1-24-13-11-16(12-14-24)15-3-5-17(6-4-15)25(2)18-7-9-19(10-8-18)26-20(21,22)23/h3-10,16H,11-14H2,1-2H3. The lowest BCUT2D eigenvalue weighted by atomic mass is 9.89. The van der Waals surface area contributed by atoms with Crippen molar-refractivity contribution in [2.24, 2.45) is 0 Å². The van der Waals surface area contributed by atoms with E-state index in [1.807, 2.05) is 11.9 Å². The molecule has 1 fully saturated rings. The van der Waals surface area contributed by atoms with Gasteiger partial charge in [0.05, 0.1) is 0 Å². The predicted octanol–water partition coefficient (Wildman–Crippen LogP) is 5.16. The summed E-state index contributed by atoms with van der Waals surface area (Å²) in [5.74, 6) is 0.386. The normalized spacial score (nSPS) is 16.5. The molecule has 140 valence electrons. The van der Waals surface area contributed by atoms with Gasteiger partial charge in [0.1, 0.15) is 5.75 Å². The molecule has 1 saturated heterocycles. The first-order valence-electron chi connectivity index (χ1n) is 8.70. The number of anilines is 2. The summed E-state index contributed by atoms with van der Waals surface area (Å²) in [6.45, 7) is 2.25. The molecule has 0 spiro atoms. The Morgan fingerprint density at radius 1 is 0.923 bits per heavy atom. The number of benzene rings is 2. The molecule has 6 heteroatoms. The van der Waals surface area contributed by atoms with Gasteiger partial charge in [0, 0.05) is 18.4 Å². The molecular formula is C20H23F3N2O. The van der Waals surface area contributed by atoms with Crippen molar-refractivity contribution in [3.05, 3.63) is 54.1 Å². The van der Waals surface area contributed by atoms with Crippen LogP contribution in [0.5, 0.6) is 5.75 Å². The van der Waals surface area contributed by atoms with E-state index >= 15 is 0 Å². The fourth-order valence-corrected chi connectivity index (χ4v) is 3.33. The van der Waals surface area contributed by atoms with Crippen molar-refractivity contribution < 1.29 is 17.9 Å². The number of likely N-dealkylation sites (tertiary alicyclic amines) is 1. The van der Waals surface area contributed by atoms with E-state index in [2.05, 4.69) is 40.9 Å². The van der Waals surface area contributed by atoms with Crippen LogP contribution in [0.2, 0.25) is 0 Å². The molecule has 0 aliphatic carbocycles. The summed E-state index contributed by atoms with van der Waals surface area (Å²) >= 11 is 0. The van der Waals surface area contributed by atoms with Gasteiger partial charge in [0.2, 0.25) is 0 Å². The van der Waals surface area contributed by atoms with E-state index in [9.17, 15) is 13.2 Å². The van der Waals surface area contributed by atoms with E-state index in [0.29, 0.717) is 5.92 Å². The molecule has 26 heavy (non-hydrogen) atoms. The van der Waals surface area contributed by atoms with Gasteiger partial charge in [0.15, 0.2) is 0 Å². The van der Waals surface area contributed by atoms with Crippen LogP contribution in [0.1, 0.15) is 24.3 Å². The van der Waals surface area contributed by atoms with Gasteiger partial charge in [-0.15, -0.1) is 13.2 Å². The van der Waals surface area contributed by atoms with Crippen LogP contribution >= 0.6 is 0 Å². The van der Waals surface area contributed by atoms with Crippen LogP contribution in [0, 0.1) is 0 Å². The number of hydrogen-bond acceptors (Lipinski definition) is 3. The van der Waals surface area contributed by atoms with Crippen LogP contribution in [0.3, 0.4) is 0 Å². The Kier molecular flexibility index (Phi) is 5.41. The highest BCUT2D eigenvalue weighted by molar-refractivity contribution is 5.63. The highest BCUT2D eigenvalue weighted by Crippen LogP contribution is 2.31. The van der Waals surface area contributed by atoms with Gasteiger partial charge in [-0.3, -0.25) is 0 Å². The van der Waals surface area contributed by atoms with E-state index in [-0.39, 0.29) is 5.75 Å². The zero-order valence-corrected chi connectivity index (χ0v) is 15.0. The molecule has 0 atom stereocenters. The van der Waals surface area contributed by atoms with Crippen molar-refractivity contribution in [3.8, 4) is 5.75 Å². The van der Waals surface area contributed by atoms with Gasteiger partial charge >= 0.3 is 6.36 Å². The topological polar surface area (TPSA) is 15.7 Å². The van der Waals surface area contributed by atoms with Crippen molar-refractivity contribution >= 4 is 11.4 Å². The molecule has 0 radical (unpaired) electrons. The van der Waals surface area contributed by atoms with Gasteiger partial charge < -0.3 is 14.5 Å². The average molecular weight is 364 g/mol. The van der Waals surface area contributed by atoms with Gasteiger partial charge in [-0.2, -0.15) is 0 Å². The molecule has 0 unspecified atom stereocenters. The molecular weight excluding hydrogens is 341 g/mol. The van der Waals surface area contributed by atoms with Gasteiger partial charge in [-0.05, 0) is 80.9 Å². The van der Waals surface area contributed by atoms with E-state index in [1.165, 1.54) is 30.5 Å². The smallest absolute Gasteiger partial charge is 0.406 e. The van der Waals surface area contributed by atoms with Crippen LogP contribution in [-0.2, 0) is 0 Å². The number of hydrogen-bond donors (Lipinski definition) is 0. The van der Waals surface area contributed by atoms with Crippen LogP contribution in [0.4, 0.5) is 24.5 Å². The van der Waals surface area contributed by atoms with Crippen molar-refractivity contribution in [3.63, 3.8) is 0 Å². The van der Waals surface area contributed by atoms with E-state index in [0.717, 1.165) is 24.5 Å². The summed E-state index contributed by atoms with van der Waals surface area (Å²) < 4.78 is 40.6. The Morgan fingerprint density at radius 3 is 1.92 bits per heavy atom. The number of rotatable bonds is 4. The molecule has 0 aromatic heterocycles. The molecule has 1 aliphatic heterocycles. The molecule has 0 bridgehead atoms. The van der Waals surface area contributed by atoms with Crippen molar-refractivity contribution in [2.45, 2.75) is 25.1 Å². The summed E-state index contributed by atoms with van der Waals surface area (Å²) in [6, 6.07) is 14.3. The molecule has 3 rings (SSSR count). The highest BCUT2D eigenvalue weighted by atomic mass is 19.4. The number of piperidine rings is 1. The minimum atomic E-state index is -4.67. The van der Waals surface area contributed by atoms with Crippen molar-refractivity contribution in [2.75, 3.05) is 32.1 Å². The van der Waals surface area contributed by atoms with Crippen LogP contribution < -0.4 is 9.64 Å². The van der Waals surface area contributed by atoms with E-state index in [4.69, 9.17) is 0 Å². The maximum absolute atomic E-state index is 12.2. The van der Waals surface area contributed by atoms with Gasteiger partial charge in [0.25, 0.3) is 0 Å². The number of ether oxygens (including phenoxy) is 1. The first kappa shape index (κ1) is 18.6. The second-order valence-corrected chi connectivity index (χ2v) is 6.77. The van der Waals surface area contributed by atoms with Crippen molar-refractivity contribution in [1.82, 2.24) is 4.90 Å². The number of halogens is 3. The number of nitrogens with zero attached hydrogens (tertiary/aromatic N) is 2. The first-order valence-corrected chi connectivity index (χ1v) is 8.70. The number of alkyl halides is 3. The third-order valence-electron chi connectivity index (χ3n) is 4.93. The summed E-state index contributed by atoms with van der Waals surface area (Å²) in [4.78, 5) is 4.29. The molecule has 3 nitrogen and oxygen atoms in total. The quantitative estimate of drug-likeness (QED) is 0.745. The highest BCUT2D eigenvalue weighted by Gasteiger charge is 2.31. The molecule has 0 N–H and O–H groups in total. The second kappa shape index (κ2) is 7.58. The fourth-order valence-electron chi connectivity index (χ4n) is 3.33. The molecule has 2 aromatic carbocycles. The SMILES string of the molecule is CN1CCC(c2ccc(N(C)c3ccc(OC(F)(F)F)cc3)cc2)CC1. The lowest BCUT2D eigenvalue weighted by molar-refractivity contribution is -0.274. The zero-order valence-electron chi connectivity index (χ0n) is 15.0. The minimum Gasteiger partial charge on any atom is -0.406 e. The first-order chi connectivity index (χ1) is 12.3. The monoisotopic (exact) mass is 364 g/mol. The lowest BCUT2D eigenvalue weighted by Crippen LogP contribution is -2.29. The van der Waals surface area contributed by atoms with Gasteiger partial charge in [-0.25, -0.2) is 0 Å². The maximum Gasteiger partial charge on any atom is 0.573 e. The summed E-state index contributed by atoms with van der Waals surface area (Å²) in [5, 5.41) is 0. The average Bonchev–Trinajstić information content (AvgIpc) is 2.61. The zero-order chi connectivity index (χ0) is 18.7. The molecule has 0 saturated carbocycles. The summed E-state index contributed by atoms with van der Waals surface area (Å²) in [7, 11) is 4.05.